The van der Waals surface area contributed by atoms with Crippen LogP contribution in [-0.4, -0.2) is 18.0 Å². The average molecular weight is 365 g/mol. The Bertz CT molecular complexity index is 785. The standard InChI is InChI=1S/C19H18F3NO3/c1-12-6-8-14(9-7-12)10-17(24)26-13(2)18(25)23-16-5-3-4-15(11-16)19(20,21)22/h3-9,11,13H,10H2,1-2H3,(H,23,25)/t13-/m1/s1. The van der Waals surface area contributed by atoms with Gasteiger partial charge in [0.2, 0.25) is 0 Å². The number of hydrogen-bond acceptors (Lipinski definition) is 3. The van der Waals surface area contributed by atoms with Crippen molar-refractivity contribution in [3.8, 4) is 0 Å². The molecule has 138 valence electrons. The van der Waals surface area contributed by atoms with Gasteiger partial charge in [0.15, 0.2) is 6.10 Å². The summed E-state index contributed by atoms with van der Waals surface area (Å²) >= 11 is 0. The number of aryl methyl sites for hydroxylation is 1. The zero-order valence-corrected chi connectivity index (χ0v) is 14.3. The summed E-state index contributed by atoms with van der Waals surface area (Å²) in [5.74, 6) is -1.30. The zero-order valence-electron chi connectivity index (χ0n) is 14.3. The van der Waals surface area contributed by atoms with Crippen molar-refractivity contribution >= 4 is 17.6 Å². The molecule has 0 aromatic heterocycles. The van der Waals surface area contributed by atoms with Crippen LogP contribution in [0, 0.1) is 6.92 Å². The van der Waals surface area contributed by atoms with E-state index >= 15 is 0 Å². The first-order valence-corrected chi connectivity index (χ1v) is 7.88. The molecule has 7 heteroatoms. The lowest BCUT2D eigenvalue weighted by Crippen LogP contribution is -2.30. The Morgan fingerprint density at radius 1 is 1.12 bits per heavy atom. The number of hydrogen-bond donors (Lipinski definition) is 1. The van der Waals surface area contributed by atoms with Crippen molar-refractivity contribution in [2.75, 3.05) is 5.32 Å². The molecule has 2 aromatic carbocycles. The van der Waals surface area contributed by atoms with E-state index in [1.54, 1.807) is 12.1 Å². The Hall–Kier alpha value is -2.83. The lowest BCUT2D eigenvalue weighted by Gasteiger charge is -2.14. The Morgan fingerprint density at radius 3 is 2.38 bits per heavy atom. The highest BCUT2D eigenvalue weighted by atomic mass is 19.4. The van der Waals surface area contributed by atoms with Gasteiger partial charge in [-0.15, -0.1) is 0 Å². The first-order valence-electron chi connectivity index (χ1n) is 7.88. The van der Waals surface area contributed by atoms with Crippen LogP contribution in [0.5, 0.6) is 0 Å². The van der Waals surface area contributed by atoms with E-state index in [-0.39, 0.29) is 12.1 Å². The molecule has 0 aliphatic carbocycles. The van der Waals surface area contributed by atoms with E-state index in [0.717, 1.165) is 23.3 Å². The van der Waals surface area contributed by atoms with Gasteiger partial charge in [0.05, 0.1) is 12.0 Å². The average Bonchev–Trinajstić information content (AvgIpc) is 2.56. The number of alkyl halides is 3. The van der Waals surface area contributed by atoms with E-state index in [1.165, 1.54) is 19.1 Å². The molecule has 1 amide bonds. The molecular formula is C19H18F3NO3. The molecule has 0 bridgehead atoms. The second kappa shape index (κ2) is 8.03. The smallest absolute Gasteiger partial charge is 0.416 e. The number of nitrogens with one attached hydrogen (secondary N) is 1. The van der Waals surface area contributed by atoms with Crippen LogP contribution in [0.1, 0.15) is 23.6 Å². The summed E-state index contributed by atoms with van der Waals surface area (Å²) in [6.07, 6.45) is -5.64. The van der Waals surface area contributed by atoms with Crippen LogP contribution < -0.4 is 5.32 Å². The highest BCUT2D eigenvalue weighted by Gasteiger charge is 2.30. The van der Waals surface area contributed by atoms with Crippen molar-refractivity contribution in [3.63, 3.8) is 0 Å². The topological polar surface area (TPSA) is 55.4 Å². The Balaban J connectivity index is 1.93. The Labute approximate surface area is 149 Å². The second-order valence-corrected chi connectivity index (χ2v) is 5.86. The number of halogens is 3. The predicted molar refractivity (Wildman–Crippen MR) is 90.5 cm³/mol. The molecule has 26 heavy (non-hydrogen) atoms. The van der Waals surface area contributed by atoms with Gasteiger partial charge in [-0.25, -0.2) is 0 Å². The maximum atomic E-state index is 12.7. The van der Waals surface area contributed by atoms with E-state index in [2.05, 4.69) is 5.32 Å². The largest absolute Gasteiger partial charge is 0.452 e. The monoisotopic (exact) mass is 365 g/mol. The van der Waals surface area contributed by atoms with E-state index in [0.29, 0.717) is 0 Å². The van der Waals surface area contributed by atoms with Crippen LogP contribution in [0.25, 0.3) is 0 Å². The van der Waals surface area contributed by atoms with Gasteiger partial charge in [-0.1, -0.05) is 35.9 Å². The number of amides is 1. The molecule has 2 rings (SSSR count). The summed E-state index contributed by atoms with van der Waals surface area (Å²) in [6, 6.07) is 11.5. The van der Waals surface area contributed by atoms with E-state index in [4.69, 9.17) is 4.74 Å². The van der Waals surface area contributed by atoms with Crippen LogP contribution in [0.15, 0.2) is 48.5 Å². The quantitative estimate of drug-likeness (QED) is 0.811. The highest BCUT2D eigenvalue weighted by Crippen LogP contribution is 2.30. The minimum absolute atomic E-state index is 0.00145. The van der Waals surface area contributed by atoms with Crippen molar-refractivity contribution in [1.29, 1.82) is 0 Å². The molecule has 1 N–H and O–H groups in total. The molecular weight excluding hydrogens is 347 g/mol. The number of esters is 1. The summed E-state index contributed by atoms with van der Waals surface area (Å²) in [5.41, 5.74) is 0.896. The maximum Gasteiger partial charge on any atom is 0.416 e. The lowest BCUT2D eigenvalue weighted by atomic mass is 10.1. The van der Waals surface area contributed by atoms with Crippen LogP contribution in [0.3, 0.4) is 0 Å². The summed E-state index contributed by atoms with van der Waals surface area (Å²) in [7, 11) is 0. The summed E-state index contributed by atoms with van der Waals surface area (Å²) < 4.78 is 43.1. The number of ether oxygens (including phenoxy) is 1. The number of carbonyl (C=O) groups excluding carboxylic acids is 2. The van der Waals surface area contributed by atoms with Gasteiger partial charge in [0.1, 0.15) is 0 Å². The summed E-state index contributed by atoms with van der Waals surface area (Å²) in [5, 5.41) is 2.31. The molecule has 1 atom stereocenters. The van der Waals surface area contributed by atoms with Crippen molar-refractivity contribution < 1.29 is 27.5 Å². The SMILES string of the molecule is Cc1ccc(CC(=O)O[C@H](C)C(=O)Nc2cccc(C(F)(F)F)c2)cc1. The molecule has 0 radical (unpaired) electrons. The molecule has 2 aromatic rings. The van der Waals surface area contributed by atoms with Gasteiger partial charge in [0, 0.05) is 5.69 Å². The molecule has 0 aliphatic rings. The first kappa shape index (κ1) is 19.5. The highest BCUT2D eigenvalue weighted by molar-refractivity contribution is 5.95. The fourth-order valence-electron chi connectivity index (χ4n) is 2.18. The van der Waals surface area contributed by atoms with Gasteiger partial charge in [-0.05, 0) is 37.6 Å². The molecule has 0 unspecified atom stereocenters. The van der Waals surface area contributed by atoms with Crippen molar-refractivity contribution in [1.82, 2.24) is 0 Å². The van der Waals surface area contributed by atoms with Crippen molar-refractivity contribution in [2.45, 2.75) is 32.5 Å². The van der Waals surface area contributed by atoms with Gasteiger partial charge in [0.25, 0.3) is 5.91 Å². The molecule has 0 saturated heterocycles. The van der Waals surface area contributed by atoms with Gasteiger partial charge in [-0.2, -0.15) is 13.2 Å². The molecule has 4 nitrogen and oxygen atoms in total. The molecule has 0 saturated carbocycles. The van der Waals surface area contributed by atoms with Crippen LogP contribution in [-0.2, 0) is 26.9 Å². The number of benzene rings is 2. The number of carbonyl (C=O) groups is 2. The third-order valence-electron chi connectivity index (χ3n) is 3.60. The Kier molecular flexibility index (Phi) is 6.02. The van der Waals surface area contributed by atoms with Crippen molar-refractivity contribution in [2.24, 2.45) is 0 Å². The van der Waals surface area contributed by atoms with Crippen LogP contribution >= 0.6 is 0 Å². The third-order valence-corrected chi connectivity index (χ3v) is 3.60. The van der Waals surface area contributed by atoms with Gasteiger partial charge in [-0.3, -0.25) is 9.59 Å². The predicted octanol–water partition coefficient (Wildman–Crippen LogP) is 4.13. The van der Waals surface area contributed by atoms with E-state index in [9.17, 15) is 22.8 Å². The van der Waals surface area contributed by atoms with E-state index in [1.807, 2.05) is 19.1 Å². The molecule has 0 aliphatic heterocycles. The lowest BCUT2D eigenvalue weighted by molar-refractivity contribution is -0.152. The third kappa shape index (κ3) is 5.61. The van der Waals surface area contributed by atoms with Crippen LogP contribution in [0.2, 0.25) is 0 Å². The zero-order chi connectivity index (χ0) is 19.3. The number of rotatable bonds is 5. The Morgan fingerprint density at radius 2 is 1.77 bits per heavy atom. The minimum atomic E-state index is -4.51. The molecule has 0 heterocycles. The first-order chi connectivity index (χ1) is 12.1. The van der Waals surface area contributed by atoms with Crippen LogP contribution in [0.4, 0.5) is 18.9 Å². The second-order valence-electron chi connectivity index (χ2n) is 5.86. The molecule has 0 spiro atoms. The normalized spacial score (nSPS) is 12.3. The summed E-state index contributed by atoms with van der Waals surface area (Å²) in [4.78, 5) is 23.9. The van der Waals surface area contributed by atoms with E-state index < -0.39 is 29.7 Å². The minimum Gasteiger partial charge on any atom is -0.452 e. The van der Waals surface area contributed by atoms with Crippen molar-refractivity contribution in [3.05, 3.63) is 65.2 Å². The molecule has 0 fully saturated rings. The van der Waals surface area contributed by atoms with Gasteiger partial charge < -0.3 is 10.1 Å². The summed E-state index contributed by atoms with van der Waals surface area (Å²) in [6.45, 7) is 3.28. The van der Waals surface area contributed by atoms with Gasteiger partial charge >= 0.3 is 12.1 Å². The number of anilines is 1. The fourth-order valence-corrected chi connectivity index (χ4v) is 2.18. The maximum absolute atomic E-state index is 12.7. The fraction of sp³-hybridized carbons (Fsp3) is 0.263.